The van der Waals surface area contributed by atoms with Crippen LogP contribution in [0.2, 0.25) is 0 Å². The smallest absolute Gasteiger partial charge is 0.344 e. The van der Waals surface area contributed by atoms with Crippen LogP contribution >= 0.6 is 0 Å². The maximum Gasteiger partial charge on any atom is 0.344 e. The number of hydrogen-bond donors (Lipinski definition) is 0. The van der Waals surface area contributed by atoms with Crippen molar-refractivity contribution < 1.29 is 19.1 Å². The van der Waals surface area contributed by atoms with Gasteiger partial charge in [0.15, 0.2) is 12.4 Å². The van der Waals surface area contributed by atoms with Crippen molar-refractivity contribution in [3.8, 4) is 22.9 Å². The first-order valence-corrected chi connectivity index (χ1v) is 9.04. The molecule has 5 heteroatoms. The summed E-state index contributed by atoms with van der Waals surface area (Å²) in [4.78, 5) is 23.1. The number of nitriles is 1. The van der Waals surface area contributed by atoms with E-state index in [1.807, 2.05) is 42.5 Å². The third-order valence-corrected chi connectivity index (χ3v) is 4.33. The summed E-state index contributed by atoms with van der Waals surface area (Å²) in [5.41, 5.74) is 3.82. The van der Waals surface area contributed by atoms with E-state index in [9.17, 15) is 14.9 Å². The molecule has 0 heterocycles. The quantitative estimate of drug-likeness (QED) is 0.440. The molecule has 0 aliphatic heterocycles. The summed E-state index contributed by atoms with van der Waals surface area (Å²) in [5.74, 6) is -0.0231. The molecule has 5 nitrogen and oxygen atoms in total. The Morgan fingerprint density at radius 2 is 1.62 bits per heavy atom. The topological polar surface area (TPSA) is 76.4 Å². The van der Waals surface area contributed by atoms with E-state index in [0.717, 1.165) is 16.7 Å². The van der Waals surface area contributed by atoms with E-state index in [2.05, 4.69) is 6.07 Å². The molecule has 0 fully saturated rings. The summed E-state index contributed by atoms with van der Waals surface area (Å²) < 4.78 is 10.6. The molecule has 0 saturated heterocycles. The average Bonchev–Trinajstić information content (AvgIpc) is 2.77. The van der Waals surface area contributed by atoms with Crippen molar-refractivity contribution in [1.82, 2.24) is 0 Å². The summed E-state index contributed by atoms with van der Waals surface area (Å²) >= 11 is 0. The van der Waals surface area contributed by atoms with Gasteiger partial charge in [-0.2, -0.15) is 5.26 Å². The molecule has 0 N–H and O–H groups in total. The minimum absolute atomic E-state index is 0.0295. The number of ether oxygens (including phenoxy) is 2. The van der Waals surface area contributed by atoms with Gasteiger partial charge in [0.1, 0.15) is 12.4 Å². The van der Waals surface area contributed by atoms with Crippen LogP contribution in [-0.2, 0) is 16.1 Å². The molecule has 0 radical (unpaired) electrons. The highest BCUT2D eigenvalue weighted by atomic mass is 16.6. The standard InChI is InChI=1S/C24H19NO4/c1-17(26)19-10-12-22(13-11-19)28-16-24(27)29-15-18-6-8-20(9-7-18)23-5-3-2-4-21(23)14-25/h2-13H,15-16H2,1H3. The summed E-state index contributed by atoms with van der Waals surface area (Å²) in [6.07, 6.45) is 0. The van der Waals surface area contributed by atoms with Gasteiger partial charge in [0, 0.05) is 5.56 Å². The number of hydrogen-bond acceptors (Lipinski definition) is 5. The number of carbonyl (C=O) groups excluding carboxylic acids is 2. The highest BCUT2D eigenvalue weighted by Crippen LogP contribution is 2.23. The van der Waals surface area contributed by atoms with E-state index in [-0.39, 0.29) is 19.0 Å². The van der Waals surface area contributed by atoms with Crippen LogP contribution in [0.5, 0.6) is 5.75 Å². The lowest BCUT2D eigenvalue weighted by atomic mass is 9.99. The van der Waals surface area contributed by atoms with Crippen LogP contribution in [0.25, 0.3) is 11.1 Å². The van der Waals surface area contributed by atoms with Crippen LogP contribution in [0.4, 0.5) is 0 Å². The Kier molecular flexibility index (Phi) is 6.39. The van der Waals surface area contributed by atoms with Gasteiger partial charge in [-0.15, -0.1) is 0 Å². The molecule has 3 rings (SSSR count). The number of nitrogens with zero attached hydrogens (tertiary/aromatic N) is 1. The molecule has 3 aromatic carbocycles. The van der Waals surface area contributed by atoms with Crippen molar-refractivity contribution >= 4 is 11.8 Å². The van der Waals surface area contributed by atoms with E-state index in [1.54, 1.807) is 30.3 Å². The van der Waals surface area contributed by atoms with Crippen molar-refractivity contribution in [3.05, 3.63) is 89.5 Å². The normalized spacial score (nSPS) is 10.1. The van der Waals surface area contributed by atoms with Crippen molar-refractivity contribution in [3.63, 3.8) is 0 Å². The molecular formula is C24H19NO4. The van der Waals surface area contributed by atoms with Gasteiger partial charge < -0.3 is 9.47 Å². The Morgan fingerprint density at radius 1 is 0.931 bits per heavy atom. The van der Waals surface area contributed by atoms with Gasteiger partial charge in [-0.25, -0.2) is 4.79 Å². The molecule has 0 bridgehead atoms. The van der Waals surface area contributed by atoms with Crippen molar-refractivity contribution in [2.24, 2.45) is 0 Å². The van der Waals surface area contributed by atoms with Crippen LogP contribution < -0.4 is 4.74 Å². The van der Waals surface area contributed by atoms with Crippen molar-refractivity contribution in [2.75, 3.05) is 6.61 Å². The fraction of sp³-hybridized carbons (Fsp3) is 0.125. The molecule has 3 aromatic rings. The second-order valence-electron chi connectivity index (χ2n) is 6.38. The molecule has 0 aromatic heterocycles. The lowest BCUT2D eigenvalue weighted by Crippen LogP contribution is -2.14. The fourth-order valence-electron chi connectivity index (χ4n) is 2.75. The van der Waals surface area contributed by atoms with Crippen LogP contribution in [0.3, 0.4) is 0 Å². The predicted molar refractivity (Wildman–Crippen MR) is 108 cm³/mol. The monoisotopic (exact) mass is 385 g/mol. The van der Waals surface area contributed by atoms with Gasteiger partial charge in [0.05, 0.1) is 11.6 Å². The van der Waals surface area contributed by atoms with E-state index in [0.29, 0.717) is 16.9 Å². The SMILES string of the molecule is CC(=O)c1ccc(OCC(=O)OCc2ccc(-c3ccccc3C#N)cc2)cc1. The zero-order valence-corrected chi connectivity index (χ0v) is 15.9. The molecule has 0 atom stereocenters. The highest BCUT2D eigenvalue weighted by Gasteiger charge is 2.07. The predicted octanol–water partition coefficient (Wildman–Crippen LogP) is 4.55. The van der Waals surface area contributed by atoms with E-state index in [4.69, 9.17) is 9.47 Å². The van der Waals surface area contributed by atoms with Crippen LogP contribution in [0.1, 0.15) is 28.4 Å². The van der Waals surface area contributed by atoms with Crippen LogP contribution in [0.15, 0.2) is 72.8 Å². The molecular weight excluding hydrogens is 366 g/mol. The van der Waals surface area contributed by atoms with E-state index in [1.165, 1.54) is 6.92 Å². The summed E-state index contributed by atoms with van der Waals surface area (Å²) in [5, 5.41) is 9.22. The molecule has 0 amide bonds. The molecule has 0 unspecified atom stereocenters. The average molecular weight is 385 g/mol. The molecule has 0 aliphatic carbocycles. The first-order valence-electron chi connectivity index (χ1n) is 9.04. The first kappa shape index (κ1) is 19.8. The van der Waals surface area contributed by atoms with E-state index >= 15 is 0 Å². The number of esters is 1. The zero-order chi connectivity index (χ0) is 20.6. The lowest BCUT2D eigenvalue weighted by Gasteiger charge is -2.09. The number of carbonyl (C=O) groups is 2. The molecule has 29 heavy (non-hydrogen) atoms. The molecule has 0 spiro atoms. The second-order valence-corrected chi connectivity index (χ2v) is 6.38. The second kappa shape index (κ2) is 9.34. The van der Waals surface area contributed by atoms with Crippen LogP contribution in [0, 0.1) is 11.3 Å². The van der Waals surface area contributed by atoms with Crippen molar-refractivity contribution in [1.29, 1.82) is 5.26 Å². The Labute approximate surface area is 169 Å². The lowest BCUT2D eigenvalue weighted by molar-refractivity contribution is -0.147. The van der Waals surface area contributed by atoms with Gasteiger partial charge in [-0.3, -0.25) is 4.79 Å². The number of rotatable bonds is 7. The molecule has 0 aliphatic rings. The fourth-order valence-corrected chi connectivity index (χ4v) is 2.75. The highest BCUT2D eigenvalue weighted by molar-refractivity contribution is 5.94. The van der Waals surface area contributed by atoms with Gasteiger partial charge in [0.25, 0.3) is 0 Å². The Bertz CT molecular complexity index is 1050. The minimum Gasteiger partial charge on any atom is -0.482 e. The van der Waals surface area contributed by atoms with Crippen molar-refractivity contribution in [2.45, 2.75) is 13.5 Å². The summed E-state index contributed by atoms with van der Waals surface area (Å²) in [7, 11) is 0. The maximum atomic E-state index is 11.9. The molecule has 144 valence electrons. The summed E-state index contributed by atoms with van der Waals surface area (Å²) in [6, 6.07) is 23.7. The first-order chi connectivity index (χ1) is 14.1. The Hall–Kier alpha value is -3.91. The Morgan fingerprint density at radius 3 is 2.28 bits per heavy atom. The number of ketones is 1. The van der Waals surface area contributed by atoms with Crippen LogP contribution in [-0.4, -0.2) is 18.4 Å². The maximum absolute atomic E-state index is 11.9. The van der Waals surface area contributed by atoms with Gasteiger partial charge >= 0.3 is 5.97 Å². The van der Waals surface area contributed by atoms with Gasteiger partial charge in [-0.1, -0.05) is 42.5 Å². The summed E-state index contributed by atoms with van der Waals surface area (Å²) in [6.45, 7) is 1.40. The Balaban J connectivity index is 1.51. The largest absolute Gasteiger partial charge is 0.482 e. The third-order valence-electron chi connectivity index (χ3n) is 4.33. The number of Topliss-reactive ketones (excluding diaryl/α,β-unsaturated/α-hetero) is 1. The van der Waals surface area contributed by atoms with Gasteiger partial charge in [-0.05, 0) is 53.9 Å². The zero-order valence-electron chi connectivity index (χ0n) is 15.9. The number of benzene rings is 3. The van der Waals surface area contributed by atoms with E-state index < -0.39 is 5.97 Å². The van der Waals surface area contributed by atoms with Gasteiger partial charge in [0.2, 0.25) is 0 Å². The molecule has 0 saturated carbocycles. The third kappa shape index (κ3) is 5.30. The minimum atomic E-state index is -0.487.